The van der Waals surface area contributed by atoms with Crippen LogP contribution in [0.2, 0.25) is 0 Å². The zero-order valence-corrected chi connectivity index (χ0v) is 12.3. The predicted octanol–water partition coefficient (Wildman–Crippen LogP) is 2.53. The van der Waals surface area contributed by atoms with Gasteiger partial charge in [-0.05, 0) is 44.1 Å². The molecule has 106 valence electrons. The number of carbonyl (C=O) groups excluding carboxylic acids is 1. The number of hydrogen-bond acceptors (Lipinski definition) is 6. The van der Waals surface area contributed by atoms with Crippen molar-refractivity contribution in [2.75, 3.05) is 30.3 Å². The first-order chi connectivity index (χ1) is 9.17. The SMILES string of the molecule is CCOC(=O)c1c(N)nsc1N(CC)CC1CCC1. The van der Waals surface area contributed by atoms with Crippen LogP contribution in [0.5, 0.6) is 0 Å². The van der Waals surface area contributed by atoms with E-state index in [-0.39, 0.29) is 11.8 Å². The second-order valence-electron chi connectivity index (χ2n) is 4.80. The predicted molar refractivity (Wildman–Crippen MR) is 77.7 cm³/mol. The Labute approximate surface area is 117 Å². The second kappa shape index (κ2) is 6.23. The Bertz CT molecular complexity index is 443. The van der Waals surface area contributed by atoms with Crippen LogP contribution >= 0.6 is 11.5 Å². The summed E-state index contributed by atoms with van der Waals surface area (Å²) in [4.78, 5) is 14.2. The Morgan fingerprint density at radius 1 is 1.53 bits per heavy atom. The summed E-state index contributed by atoms with van der Waals surface area (Å²) in [5.74, 6) is 0.652. The maximum atomic E-state index is 12.0. The maximum Gasteiger partial charge on any atom is 0.345 e. The van der Waals surface area contributed by atoms with Crippen LogP contribution in [0.25, 0.3) is 0 Å². The van der Waals surface area contributed by atoms with E-state index in [2.05, 4.69) is 16.2 Å². The third-order valence-electron chi connectivity index (χ3n) is 3.55. The normalized spacial score (nSPS) is 15.1. The summed E-state index contributed by atoms with van der Waals surface area (Å²) in [5.41, 5.74) is 6.25. The molecule has 0 saturated heterocycles. The maximum absolute atomic E-state index is 12.0. The van der Waals surface area contributed by atoms with E-state index < -0.39 is 0 Å². The molecule has 1 aromatic rings. The van der Waals surface area contributed by atoms with Gasteiger partial charge in [-0.25, -0.2) is 4.79 Å². The number of hydrogen-bond donors (Lipinski definition) is 1. The van der Waals surface area contributed by atoms with E-state index in [9.17, 15) is 4.79 Å². The molecular formula is C13H21N3O2S. The molecule has 6 heteroatoms. The van der Waals surface area contributed by atoms with Crippen molar-refractivity contribution in [2.45, 2.75) is 33.1 Å². The van der Waals surface area contributed by atoms with Gasteiger partial charge in [0.1, 0.15) is 10.6 Å². The lowest BCUT2D eigenvalue weighted by molar-refractivity contribution is 0.0528. The average Bonchev–Trinajstić information content (AvgIpc) is 2.70. The first-order valence-electron chi connectivity index (χ1n) is 6.84. The van der Waals surface area contributed by atoms with Crippen LogP contribution in [-0.2, 0) is 4.74 Å². The topological polar surface area (TPSA) is 68.5 Å². The minimum atomic E-state index is -0.365. The highest BCUT2D eigenvalue weighted by Gasteiger charge is 2.27. The summed E-state index contributed by atoms with van der Waals surface area (Å²) in [5, 5.41) is 0.852. The molecule has 1 aromatic heterocycles. The Kier molecular flexibility index (Phi) is 4.63. The van der Waals surface area contributed by atoms with Gasteiger partial charge >= 0.3 is 5.97 Å². The van der Waals surface area contributed by atoms with E-state index in [0.717, 1.165) is 24.0 Å². The first-order valence-corrected chi connectivity index (χ1v) is 7.61. The van der Waals surface area contributed by atoms with Crippen LogP contribution in [0, 0.1) is 5.92 Å². The third kappa shape index (κ3) is 3.00. The van der Waals surface area contributed by atoms with Gasteiger partial charge in [-0.1, -0.05) is 6.42 Å². The van der Waals surface area contributed by atoms with Gasteiger partial charge in [-0.15, -0.1) is 0 Å². The summed E-state index contributed by atoms with van der Waals surface area (Å²) < 4.78 is 9.19. The van der Waals surface area contributed by atoms with E-state index in [1.807, 2.05) is 0 Å². The number of aromatic nitrogens is 1. The Morgan fingerprint density at radius 3 is 2.79 bits per heavy atom. The number of carbonyl (C=O) groups is 1. The van der Waals surface area contributed by atoms with Gasteiger partial charge in [0.15, 0.2) is 5.82 Å². The molecule has 1 fully saturated rings. The summed E-state index contributed by atoms with van der Waals surface area (Å²) >= 11 is 1.29. The van der Waals surface area contributed by atoms with Crippen molar-refractivity contribution in [3.8, 4) is 0 Å². The lowest BCUT2D eigenvalue weighted by atomic mass is 9.85. The van der Waals surface area contributed by atoms with Crippen molar-refractivity contribution in [1.29, 1.82) is 0 Å². The van der Waals surface area contributed by atoms with Gasteiger partial charge in [0, 0.05) is 13.1 Å². The third-order valence-corrected chi connectivity index (χ3v) is 4.48. The minimum absolute atomic E-state index is 0.283. The zero-order chi connectivity index (χ0) is 13.8. The highest BCUT2D eigenvalue weighted by atomic mass is 32.1. The molecule has 2 rings (SSSR count). The molecule has 1 aliphatic rings. The molecule has 0 aliphatic heterocycles. The molecule has 0 unspecified atom stereocenters. The lowest BCUT2D eigenvalue weighted by Crippen LogP contribution is -2.32. The quantitative estimate of drug-likeness (QED) is 0.812. The van der Waals surface area contributed by atoms with Crippen LogP contribution in [0.3, 0.4) is 0 Å². The lowest BCUT2D eigenvalue weighted by Gasteiger charge is -2.32. The Balaban J connectivity index is 2.18. The van der Waals surface area contributed by atoms with Crippen molar-refractivity contribution in [2.24, 2.45) is 5.92 Å². The number of ether oxygens (including phenoxy) is 1. The number of esters is 1. The molecule has 0 amide bonds. The number of nitrogen functional groups attached to an aromatic ring is 1. The summed E-state index contributed by atoms with van der Waals surface area (Å²) in [7, 11) is 0. The van der Waals surface area contributed by atoms with E-state index >= 15 is 0 Å². The number of rotatable bonds is 6. The molecule has 0 radical (unpaired) electrons. The monoisotopic (exact) mass is 283 g/mol. The summed E-state index contributed by atoms with van der Waals surface area (Å²) in [6, 6.07) is 0. The largest absolute Gasteiger partial charge is 0.462 e. The molecule has 19 heavy (non-hydrogen) atoms. The number of anilines is 2. The molecule has 0 atom stereocenters. The molecule has 0 spiro atoms. The molecule has 1 heterocycles. The molecular weight excluding hydrogens is 262 g/mol. The van der Waals surface area contributed by atoms with Gasteiger partial charge in [0.25, 0.3) is 0 Å². The summed E-state index contributed by atoms with van der Waals surface area (Å²) in [6.07, 6.45) is 3.87. The molecule has 2 N–H and O–H groups in total. The van der Waals surface area contributed by atoms with Gasteiger partial charge < -0.3 is 15.4 Å². The smallest absolute Gasteiger partial charge is 0.345 e. The van der Waals surface area contributed by atoms with Gasteiger partial charge in [-0.2, -0.15) is 4.37 Å². The highest BCUT2D eigenvalue weighted by Crippen LogP contribution is 2.34. The second-order valence-corrected chi connectivity index (χ2v) is 5.56. The van der Waals surface area contributed by atoms with Crippen molar-refractivity contribution in [1.82, 2.24) is 4.37 Å². The Morgan fingerprint density at radius 2 is 2.26 bits per heavy atom. The van der Waals surface area contributed by atoms with E-state index in [1.165, 1.54) is 30.8 Å². The molecule has 5 nitrogen and oxygen atoms in total. The standard InChI is InChI=1S/C13H21N3O2S/c1-3-16(8-9-6-5-7-9)12-10(11(14)15-19-12)13(17)18-4-2/h9H,3-8H2,1-2H3,(H2,14,15). The minimum Gasteiger partial charge on any atom is -0.462 e. The van der Waals surface area contributed by atoms with Gasteiger partial charge in [-0.3, -0.25) is 0 Å². The fourth-order valence-corrected chi connectivity index (χ4v) is 3.12. The van der Waals surface area contributed by atoms with E-state index in [0.29, 0.717) is 12.2 Å². The fraction of sp³-hybridized carbons (Fsp3) is 0.692. The van der Waals surface area contributed by atoms with E-state index in [1.54, 1.807) is 6.92 Å². The van der Waals surface area contributed by atoms with Crippen LogP contribution < -0.4 is 10.6 Å². The van der Waals surface area contributed by atoms with Gasteiger partial charge in [0.2, 0.25) is 0 Å². The number of nitrogens with two attached hydrogens (primary N) is 1. The fourth-order valence-electron chi connectivity index (χ4n) is 2.25. The van der Waals surface area contributed by atoms with E-state index in [4.69, 9.17) is 10.5 Å². The first kappa shape index (κ1) is 14.1. The summed E-state index contributed by atoms with van der Waals surface area (Å²) in [6.45, 7) is 6.06. The molecule has 1 saturated carbocycles. The zero-order valence-electron chi connectivity index (χ0n) is 11.5. The number of nitrogens with zero attached hydrogens (tertiary/aromatic N) is 2. The van der Waals surface area contributed by atoms with Crippen LogP contribution in [-0.4, -0.2) is 30.0 Å². The van der Waals surface area contributed by atoms with Gasteiger partial charge in [0.05, 0.1) is 6.61 Å². The van der Waals surface area contributed by atoms with Crippen LogP contribution in [0.15, 0.2) is 0 Å². The van der Waals surface area contributed by atoms with Crippen molar-refractivity contribution < 1.29 is 9.53 Å². The van der Waals surface area contributed by atoms with Crippen molar-refractivity contribution >= 4 is 28.3 Å². The highest BCUT2D eigenvalue weighted by molar-refractivity contribution is 7.11. The van der Waals surface area contributed by atoms with Crippen LogP contribution in [0.1, 0.15) is 43.5 Å². The molecule has 0 bridgehead atoms. The van der Waals surface area contributed by atoms with Crippen molar-refractivity contribution in [3.63, 3.8) is 0 Å². The average molecular weight is 283 g/mol. The molecule has 1 aliphatic carbocycles. The Hall–Kier alpha value is -1.30. The molecule has 0 aromatic carbocycles. The van der Waals surface area contributed by atoms with Crippen molar-refractivity contribution in [3.05, 3.63) is 5.56 Å². The van der Waals surface area contributed by atoms with Crippen LogP contribution in [0.4, 0.5) is 10.8 Å².